The monoisotopic (exact) mass is 177 g/mol. The Morgan fingerprint density at radius 3 is 2.23 bits per heavy atom. The average Bonchev–Trinajstić information content (AvgIpc) is 2.04. The Morgan fingerprint density at radius 2 is 1.69 bits per heavy atom. The molecule has 0 fully saturated rings. The molecule has 0 amide bonds. The molecule has 1 rings (SSSR count). The van der Waals surface area contributed by atoms with Crippen molar-refractivity contribution in [1.82, 2.24) is 0 Å². The van der Waals surface area contributed by atoms with E-state index in [0.29, 0.717) is 0 Å². The van der Waals surface area contributed by atoms with Crippen LogP contribution in [0.1, 0.15) is 20.8 Å². The highest BCUT2D eigenvalue weighted by molar-refractivity contribution is 6.19. The molecule has 1 radical (unpaired) electrons. The summed E-state index contributed by atoms with van der Waals surface area (Å²) in [6.45, 7) is 5.91. The predicted octanol–water partition coefficient (Wildman–Crippen LogP) is 2.41. The smallest absolute Gasteiger partial charge is 0.537 e. The molecular weight excluding hydrogens is 163 g/mol. The molecule has 0 heterocycles. The topological polar surface area (TPSA) is 18.5 Å². The third kappa shape index (κ3) is 4.58. The second-order valence-electron chi connectivity index (χ2n) is 3.76. The molecular formula is C10H14BO2. The summed E-state index contributed by atoms with van der Waals surface area (Å²) in [4.78, 5) is 0. The van der Waals surface area contributed by atoms with Crippen LogP contribution in [-0.4, -0.2) is 13.3 Å². The molecule has 13 heavy (non-hydrogen) atoms. The summed E-state index contributed by atoms with van der Waals surface area (Å²) in [5, 5.41) is 0. The summed E-state index contributed by atoms with van der Waals surface area (Å²) in [6.07, 6.45) is 0. The summed E-state index contributed by atoms with van der Waals surface area (Å²) in [7, 11) is 1.37. The fourth-order valence-corrected chi connectivity index (χ4v) is 0.723. The van der Waals surface area contributed by atoms with E-state index < -0.39 is 0 Å². The Kier molecular flexibility index (Phi) is 3.37. The first-order valence-corrected chi connectivity index (χ1v) is 4.29. The number of rotatable bonds is 3. The van der Waals surface area contributed by atoms with Gasteiger partial charge in [0.25, 0.3) is 0 Å². The maximum atomic E-state index is 5.29. The standard InChI is InChI=1S/C10H14BO2/c1-10(2,3)13-11-12-9-7-5-4-6-8-9/h4-8H,1-3H3. The van der Waals surface area contributed by atoms with Gasteiger partial charge in [-0.15, -0.1) is 0 Å². The fourth-order valence-electron chi connectivity index (χ4n) is 0.723. The van der Waals surface area contributed by atoms with Crippen LogP contribution in [0, 0.1) is 0 Å². The molecule has 0 aliphatic rings. The zero-order valence-corrected chi connectivity index (χ0v) is 8.28. The molecule has 0 aliphatic carbocycles. The zero-order chi connectivity index (χ0) is 9.73. The molecule has 1 aromatic carbocycles. The zero-order valence-electron chi connectivity index (χ0n) is 8.28. The van der Waals surface area contributed by atoms with Gasteiger partial charge in [-0.2, -0.15) is 0 Å². The molecule has 0 bridgehead atoms. The Morgan fingerprint density at radius 1 is 1.08 bits per heavy atom. The van der Waals surface area contributed by atoms with E-state index in [1.165, 1.54) is 7.69 Å². The van der Waals surface area contributed by atoms with Gasteiger partial charge in [0.2, 0.25) is 0 Å². The Balaban J connectivity index is 2.29. The van der Waals surface area contributed by atoms with Crippen molar-refractivity contribution >= 4 is 7.69 Å². The minimum Gasteiger partial charge on any atom is -0.537 e. The van der Waals surface area contributed by atoms with E-state index in [-0.39, 0.29) is 5.60 Å². The molecule has 0 N–H and O–H groups in total. The number of benzene rings is 1. The van der Waals surface area contributed by atoms with Crippen molar-refractivity contribution in [3.63, 3.8) is 0 Å². The van der Waals surface area contributed by atoms with Gasteiger partial charge in [0.15, 0.2) is 0 Å². The minimum atomic E-state index is -0.200. The first-order chi connectivity index (χ1) is 6.08. The summed E-state index contributed by atoms with van der Waals surface area (Å²) >= 11 is 0. The maximum Gasteiger partial charge on any atom is 0.572 e. The lowest BCUT2D eigenvalue weighted by Crippen LogP contribution is -2.24. The second kappa shape index (κ2) is 4.33. The van der Waals surface area contributed by atoms with Crippen molar-refractivity contribution in [2.24, 2.45) is 0 Å². The third-order valence-electron chi connectivity index (χ3n) is 1.33. The Bertz CT molecular complexity index is 241. The summed E-state index contributed by atoms with van der Waals surface area (Å²) in [5.74, 6) is 0.784. The van der Waals surface area contributed by atoms with Crippen molar-refractivity contribution < 1.29 is 9.31 Å². The van der Waals surface area contributed by atoms with Gasteiger partial charge in [-0.3, -0.25) is 0 Å². The highest BCUT2D eigenvalue weighted by Crippen LogP contribution is 2.10. The van der Waals surface area contributed by atoms with Gasteiger partial charge in [0.1, 0.15) is 0 Å². The van der Waals surface area contributed by atoms with E-state index >= 15 is 0 Å². The highest BCUT2D eigenvalue weighted by Gasteiger charge is 2.12. The van der Waals surface area contributed by atoms with E-state index in [1.54, 1.807) is 0 Å². The van der Waals surface area contributed by atoms with E-state index in [2.05, 4.69) is 0 Å². The molecule has 0 aliphatic heterocycles. The SMILES string of the molecule is CC(C)(C)O[B]Oc1ccccc1. The van der Waals surface area contributed by atoms with Gasteiger partial charge >= 0.3 is 7.69 Å². The average molecular weight is 177 g/mol. The molecule has 69 valence electrons. The van der Waals surface area contributed by atoms with Gasteiger partial charge in [0, 0.05) is 5.60 Å². The van der Waals surface area contributed by atoms with Gasteiger partial charge in [-0.05, 0) is 32.9 Å². The minimum absolute atomic E-state index is 0.200. The van der Waals surface area contributed by atoms with Crippen LogP contribution in [0.25, 0.3) is 0 Å². The fraction of sp³-hybridized carbons (Fsp3) is 0.400. The van der Waals surface area contributed by atoms with Crippen LogP contribution < -0.4 is 4.65 Å². The summed E-state index contributed by atoms with van der Waals surface area (Å²) in [5.41, 5.74) is -0.200. The molecule has 0 unspecified atom stereocenters. The van der Waals surface area contributed by atoms with Crippen LogP contribution >= 0.6 is 0 Å². The van der Waals surface area contributed by atoms with E-state index in [1.807, 2.05) is 51.1 Å². The number of hydrogen-bond acceptors (Lipinski definition) is 2. The lowest BCUT2D eigenvalue weighted by molar-refractivity contribution is 0.118. The van der Waals surface area contributed by atoms with Crippen LogP contribution in [0.5, 0.6) is 5.75 Å². The summed E-state index contributed by atoms with van der Waals surface area (Å²) in [6, 6.07) is 9.53. The molecule has 0 aromatic heterocycles. The lowest BCUT2D eigenvalue weighted by Gasteiger charge is -2.18. The number of hydrogen-bond donors (Lipinski definition) is 0. The van der Waals surface area contributed by atoms with E-state index in [4.69, 9.17) is 9.31 Å². The van der Waals surface area contributed by atoms with Crippen molar-refractivity contribution in [2.45, 2.75) is 26.4 Å². The summed E-state index contributed by atoms with van der Waals surface area (Å²) < 4.78 is 10.5. The van der Waals surface area contributed by atoms with E-state index in [9.17, 15) is 0 Å². The van der Waals surface area contributed by atoms with Crippen LogP contribution in [0.3, 0.4) is 0 Å². The normalized spacial score (nSPS) is 11.0. The second-order valence-corrected chi connectivity index (χ2v) is 3.76. The largest absolute Gasteiger partial charge is 0.572 e. The number of para-hydroxylation sites is 1. The molecule has 0 saturated heterocycles. The van der Waals surface area contributed by atoms with Crippen LogP contribution in [-0.2, 0) is 4.65 Å². The molecule has 0 spiro atoms. The van der Waals surface area contributed by atoms with Crippen molar-refractivity contribution in [3.8, 4) is 5.75 Å². The molecule has 3 heteroatoms. The predicted molar refractivity (Wildman–Crippen MR) is 53.7 cm³/mol. The molecule has 1 aromatic rings. The molecule has 0 saturated carbocycles. The van der Waals surface area contributed by atoms with Gasteiger partial charge in [-0.1, -0.05) is 18.2 Å². The van der Waals surface area contributed by atoms with Crippen LogP contribution in [0.2, 0.25) is 0 Å². The highest BCUT2D eigenvalue weighted by atomic mass is 16.6. The first kappa shape index (κ1) is 10.1. The third-order valence-corrected chi connectivity index (χ3v) is 1.33. The Labute approximate surface area is 80.2 Å². The molecule has 2 nitrogen and oxygen atoms in total. The molecule has 0 atom stereocenters. The quantitative estimate of drug-likeness (QED) is 0.660. The van der Waals surface area contributed by atoms with Crippen LogP contribution in [0.4, 0.5) is 0 Å². The maximum absolute atomic E-state index is 5.29. The van der Waals surface area contributed by atoms with Crippen molar-refractivity contribution in [1.29, 1.82) is 0 Å². The van der Waals surface area contributed by atoms with Crippen molar-refractivity contribution in [3.05, 3.63) is 30.3 Å². The van der Waals surface area contributed by atoms with Gasteiger partial charge in [-0.25, -0.2) is 0 Å². The van der Waals surface area contributed by atoms with Crippen molar-refractivity contribution in [2.75, 3.05) is 0 Å². The Hall–Kier alpha value is -0.955. The van der Waals surface area contributed by atoms with Gasteiger partial charge in [0.05, 0.1) is 5.75 Å². The van der Waals surface area contributed by atoms with Crippen LogP contribution in [0.15, 0.2) is 30.3 Å². The van der Waals surface area contributed by atoms with E-state index in [0.717, 1.165) is 5.75 Å². The first-order valence-electron chi connectivity index (χ1n) is 4.29. The lowest BCUT2D eigenvalue weighted by atomic mass is 10.1. The van der Waals surface area contributed by atoms with Gasteiger partial charge < -0.3 is 9.31 Å².